The fraction of sp³-hybridized carbons (Fsp3) is 0.500. The number of hydrogen-bond acceptors (Lipinski definition) is 8. The van der Waals surface area contributed by atoms with Crippen molar-refractivity contribution in [3.8, 4) is 0 Å². The number of aromatic nitrogens is 4. The monoisotopic (exact) mass is 427 g/mol. The SMILES string of the molecule is CCCOC[C@H]1O[C@@H](n2cnc3c(N[C@H](CC)c4ccccc4)ncnc32)C(O)C1O. The number of ether oxygens (including phenoxy) is 2. The predicted octanol–water partition coefficient (Wildman–Crippen LogP) is 2.44. The molecule has 4 rings (SSSR count). The van der Waals surface area contributed by atoms with Crippen LogP contribution in [-0.4, -0.2) is 61.3 Å². The summed E-state index contributed by atoms with van der Waals surface area (Å²) in [5.41, 5.74) is 2.25. The Morgan fingerprint density at radius 2 is 1.94 bits per heavy atom. The summed E-state index contributed by atoms with van der Waals surface area (Å²) >= 11 is 0. The highest BCUT2D eigenvalue weighted by Gasteiger charge is 2.44. The van der Waals surface area contributed by atoms with Crippen LogP contribution in [0.15, 0.2) is 43.0 Å². The number of rotatable bonds is 9. The molecule has 1 saturated heterocycles. The van der Waals surface area contributed by atoms with Gasteiger partial charge in [0.2, 0.25) is 0 Å². The van der Waals surface area contributed by atoms with Gasteiger partial charge in [-0.1, -0.05) is 44.2 Å². The number of aliphatic hydroxyl groups excluding tert-OH is 2. The molecule has 1 fully saturated rings. The van der Waals surface area contributed by atoms with Gasteiger partial charge in [0, 0.05) is 6.61 Å². The summed E-state index contributed by atoms with van der Waals surface area (Å²) in [7, 11) is 0. The van der Waals surface area contributed by atoms with Crippen molar-refractivity contribution in [1.82, 2.24) is 19.5 Å². The smallest absolute Gasteiger partial charge is 0.167 e. The van der Waals surface area contributed by atoms with Crippen LogP contribution < -0.4 is 5.32 Å². The second-order valence-electron chi connectivity index (χ2n) is 7.68. The molecule has 0 saturated carbocycles. The average Bonchev–Trinajstić information content (AvgIpc) is 3.35. The summed E-state index contributed by atoms with van der Waals surface area (Å²) in [4.78, 5) is 13.2. The average molecular weight is 428 g/mol. The van der Waals surface area contributed by atoms with E-state index < -0.39 is 24.5 Å². The Balaban J connectivity index is 1.57. The molecule has 1 aromatic carbocycles. The fourth-order valence-corrected chi connectivity index (χ4v) is 3.86. The molecular weight excluding hydrogens is 398 g/mol. The van der Waals surface area contributed by atoms with Gasteiger partial charge in [0.1, 0.15) is 24.6 Å². The maximum absolute atomic E-state index is 10.6. The highest BCUT2D eigenvalue weighted by atomic mass is 16.6. The molecule has 0 aliphatic carbocycles. The van der Waals surface area contributed by atoms with E-state index >= 15 is 0 Å². The van der Waals surface area contributed by atoms with Crippen LogP contribution in [0.1, 0.15) is 44.5 Å². The van der Waals surface area contributed by atoms with Gasteiger partial charge >= 0.3 is 0 Å². The molecule has 0 amide bonds. The van der Waals surface area contributed by atoms with Gasteiger partial charge in [-0.25, -0.2) is 15.0 Å². The third kappa shape index (κ3) is 4.40. The third-order valence-corrected chi connectivity index (χ3v) is 5.52. The third-order valence-electron chi connectivity index (χ3n) is 5.52. The highest BCUT2D eigenvalue weighted by Crippen LogP contribution is 2.33. The van der Waals surface area contributed by atoms with Crippen LogP contribution in [0.2, 0.25) is 0 Å². The standard InChI is InChI=1S/C22H29N5O4/c1-3-10-30-11-16-18(28)19(29)22(31-16)27-13-25-17-20(23-12-24-21(17)27)26-15(4-2)14-8-6-5-7-9-14/h5-9,12-13,15-16,18-19,22,28-29H,3-4,10-11H2,1-2H3,(H,23,24,26)/t15-,16-,18?,19?,22-/m1/s1. The minimum absolute atomic E-state index is 0.0692. The van der Waals surface area contributed by atoms with E-state index in [1.807, 2.05) is 25.1 Å². The number of fused-ring (bicyclic) bond motifs is 1. The van der Waals surface area contributed by atoms with Crippen LogP contribution in [0, 0.1) is 0 Å². The summed E-state index contributed by atoms with van der Waals surface area (Å²) in [5, 5.41) is 24.4. The second kappa shape index (κ2) is 9.69. The summed E-state index contributed by atoms with van der Waals surface area (Å²) < 4.78 is 13.1. The van der Waals surface area contributed by atoms with Crippen LogP contribution in [0.3, 0.4) is 0 Å². The zero-order valence-electron chi connectivity index (χ0n) is 17.8. The van der Waals surface area contributed by atoms with Gasteiger partial charge in [-0.2, -0.15) is 0 Å². The first-order chi connectivity index (χ1) is 15.1. The van der Waals surface area contributed by atoms with Crippen LogP contribution >= 0.6 is 0 Å². The molecule has 5 atom stereocenters. The van der Waals surface area contributed by atoms with Crippen LogP contribution in [0.5, 0.6) is 0 Å². The molecule has 0 radical (unpaired) electrons. The summed E-state index contributed by atoms with van der Waals surface area (Å²) in [6.45, 7) is 4.90. The lowest BCUT2D eigenvalue weighted by atomic mass is 10.0. The first kappa shape index (κ1) is 21.6. The van der Waals surface area contributed by atoms with E-state index in [1.54, 1.807) is 10.9 Å². The van der Waals surface area contributed by atoms with E-state index in [1.165, 1.54) is 6.33 Å². The minimum Gasteiger partial charge on any atom is -0.387 e. The molecule has 0 spiro atoms. The number of benzene rings is 1. The quantitative estimate of drug-likeness (QED) is 0.446. The number of anilines is 1. The first-order valence-electron chi connectivity index (χ1n) is 10.7. The molecule has 3 aromatic rings. The van der Waals surface area contributed by atoms with Crippen molar-refractivity contribution in [2.24, 2.45) is 0 Å². The number of nitrogens with zero attached hydrogens (tertiary/aromatic N) is 4. The largest absolute Gasteiger partial charge is 0.387 e. The van der Waals surface area contributed by atoms with Crippen molar-refractivity contribution >= 4 is 17.0 Å². The predicted molar refractivity (Wildman–Crippen MR) is 115 cm³/mol. The maximum atomic E-state index is 10.6. The van der Waals surface area contributed by atoms with Crippen LogP contribution in [0.25, 0.3) is 11.2 Å². The first-order valence-corrected chi connectivity index (χ1v) is 10.7. The second-order valence-corrected chi connectivity index (χ2v) is 7.68. The van der Waals surface area contributed by atoms with E-state index in [0.717, 1.165) is 18.4 Å². The van der Waals surface area contributed by atoms with Gasteiger partial charge in [-0.05, 0) is 18.4 Å². The van der Waals surface area contributed by atoms with Crippen molar-refractivity contribution in [2.75, 3.05) is 18.5 Å². The molecule has 2 aromatic heterocycles. The van der Waals surface area contributed by atoms with Gasteiger partial charge in [0.25, 0.3) is 0 Å². The lowest BCUT2D eigenvalue weighted by molar-refractivity contribution is -0.0652. The highest BCUT2D eigenvalue weighted by molar-refractivity contribution is 5.83. The molecule has 31 heavy (non-hydrogen) atoms. The molecule has 2 unspecified atom stereocenters. The van der Waals surface area contributed by atoms with Gasteiger partial charge in [-0.15, -0.1) is 0 Å². The Kier molecular flexibility index (Phi) is 6.77. The molecule has 9 nitrogen and oxygen atoms in total. The van der Waals surface area contributed by atoms with E-state index in [4.69, 9.17) is 9.47 Å². The normalized spacial score (nSPS) is 24.5. The Hall–Kier alpha value is -2.59. The van der Waals surface area contributed by atoms with E-state index in [2.05, 4.69) is 39.3 Å². The van der Waals surface area contributed by atoms with Gasteiger partial charge < -0.3 is 25.0 Å². The zero-order chi connectivity index (χ0) is 21.8. The Morgan fingerprint density at radius 3 is 2.68 bits per heavy atom. The molecule has 9 heteroatoms. The van der Waals surface area contributed by atoms with Crippen molar-refractivity contribution in [3.63, 3.8) is 0 Å². The minimum atomic E-state index is -1.12. The number of aliphatic hydroxyl groups is 2. The van der Waals surface area contributed by atoms with Crippen molar-refractivity contribution < 1.29 is 19.7 Å². The van der Waals surface area contributed by atoms with Gasteiger partial charge in [0.15, 0.2) is 23.2 Å². The molecule has 1 aliphatic heterocycles. The van der Waals surface area contributed by atoms with Gasteiger partial charge in [0.05, 0.1) is 19.0 Å². The van der Waals surface area contributed by atoms with Crippen molar-refractivity contribution in [3.05, 3.63) is 48.5 Å². The van der Waals surface area contributed by atoms with Crippen LogP contribution in [0.4, 0.5) is 5.82 Å². The van der Waals surface area contributed by atoms with Crippen molar-refractivity contribution in [2.45, 2.75) is 57.3 Å². The Morgan fingerprint density at radius 1 is 1.13 bits per heavy atom. The van der Waals surface area contributed by atoms with Crippen LogP contribution in [-0.2, 0) is 9.47 Å². The summed E-state index contributed by atoms with van der Waals surface area (Å²) in [6.07, 6.45) is 1.15. The number of hydrogen-bond donors (Lipinski definition) is 3. The molecule has 0 bridgehead atoms. The van der Waals surface area contributed by atoms with E-state index in [9.17, 15) is 10.2 Å². The lowest BCUT2D eigenvalue weighted by Crippen LogP contribution is -2.33. The Bertz CT molecular complexity index is 982. The molecule has 166 valence electrons. The number of nitrogens with one attached hydrogen (secondary N) is 1. The molecule has 3 heterocycles. The molecular formula is C22H29N5O4. The molecule has 3 N–H and O–H groups in total. The summed E-state index contributed by atoms with van der Waals surface area (Å²) in [6, 6.07) is 10.2. The number of imidazole rings is 1. The topological polar surface area (TPSA) is 115 Å². The van der Waals surface area contributed by atoms with E-state index in [0.29, 0.717) is 23.6 Å². The fourth-order valence-electron chi connectivity index (χ4n) is 3.86. The van der Waals surface area contributed by atoms with Gasteiger partial charge in [-0.3, -0.25) is 4.57 Å². The summed E-state index contributed by atoms with van der Waals surface area (Å²) in [5.74, 6) is 0.607. The lowest BCUT2D eigenvalue weighted by Gasteiger charge is -2.19. The Labute approximate surface area is 181 Å². The van der Waals surface area contributed by atoms with E-state index in [-0.39, 0.29) is 12.6 Å². The maximum Gasteiger partial charge on any atom is 0.167 e. The van der Waals surface area contributed by atoms with Crippen molar-refractivity contribution in [1.29, 1.82) is 0 Å². The zero-order valence-corrected chi connectivity index (χ0v) is 17.8. The molecule has 1 aliphatic rings.